The standard InChI is InChI=1S/C25H24IN3O4/c1-2-33-22-14-17(13-20(26)24(22)31)16-27-29-23(30)15-21(18-9-5-3-6-10-18)28-25(32)19-11-7-4-8-12-19/h3-14,16,21,31H,2,15H2,1H3,(H,28,32)(H,29,30)/b27-16-/t21-/m0/s1. The minimum Gasteiger partial charge on any atom is -0.504 e. The zero-order valence-electron chi connectivity index (χ0n) is 18.0. The third-order valence-electron chi connectivity index (χ3n) is 4.69. The lowest BCUT2D eigenvalue weighted by molar-refractivity contribution is -0.121. The third kappa shape index (κ3) is 7.04. The summed E-state index contributed by atoms with van der Waals surface area (Å²) >= 11 is 2.00. The number of benzene rings is 3. The van der Waals surface area contributed by atoms with E-state index in [1.165, 1.54) is 6.21 Å². The highest BCUT2D eigenvalue weighted by molar-refractivity contribution is 14.1. The van der Waals surface area contributed by atoms with Gasteiger partial charge in [-0.3, -0.25) is 9.59 Å². The number of halogens is 1. The first-order valence-electron chi connectivity index (χ1n) is 10.4. The van der Waals surface area contributed by atoms with Gasteiger partial charge in [0.2, 0.25) is 5.91 Å². The molecule has 2 amide bonds. The smallest absolute Gasteiger partial charge is 0.251 e. The largest absolute Gasteiger partial charge is 0.504 e. The van der Waals surface area contributed by atoms with Crippen molar-refractivity contribution in [3.8, 4) is 11.5 Å². The van der Waals surface area contributed by atoms with E-state index in [0.29, 0.717) is 27.1 Å². The van der Waals surface area contributed by atoms with Crippen molar-refractivity contribution in [2.45, 2.75) is 19.4 Å². The van der Waals surface area contributed by atoms with E-state index < -0.39 is 6.04 Å². The molecule has 0 spiro atoms. The Morgan fingerprint density at radius 3 is 2.42 bits per heavy atom. The van der Waals surface area contributed by atoms with Crippen molar-refractivity contribution < 1.29 is 19.4 Å². The monoisotopic (exact) mass is 557 g/mol. The molecule has 0 radical (unpaired) electrons. The van der Waals surface area contributed by atoms with E-state index in [1.54, 1.807) is 36.4 Å². The number of aromatic hydroxyl groups is 1. The van der Waals surface area contributed by atoms with E-state index in [4.69, 9.17) is 4.74 Å². The van der Waals surface area contributed by atoms with Crippen LogP contribution in [0.25, 0.3) is 0 Å². The Morgan fingerprint density at radius 1 is 1.09 bits per heavy atom. The van der Waals surface area contributed by atoms with Gasteiger partial charge in [0, 0.05) is 5.56 Å². The summed E-state index contributed by atoms with van der Waals surface area (Å²) in [6.45, 7) is 2.24. The molecule has 0 aliphatic heterocycles. The predicted octanol–water partition coefficient (Wildman–Crippen LogP) is 4.41. The van der Waals surface area contributed by atoms with Gasteiger partial charge in [-0.15, -0.1) is 0 Å². The number of phenols is 1. The van der Waals surface area contributed by atoms with Crippen molar-refractivity contribution in [2.75, 3.05) is 6.61 Å². The topological polar surface area (TPSA) is 100 Å². The van der Waals surface area contributed by atoms with Gasteiger partial charge < -0.3 is 15.2 Å². The van der Waals surface area contributed by atoms with Crippen LogP contribution in [0.5, 0.6) is 11.5 Å². The average molecular weight is 557 g/mol. The highest BCUT2D eigenvalue weighted by Gasteiger charge is 2.19. The van der Waals surface area contributed by atoms with E-state index in [1.807, 2.05) is 65.9 Å². The van der Waals surface area contributed by atoms with Crippen LogP contribution in [0.4, 0.5) is 0 Å². The summed E-state index contributed by atoms with van der Waals surface area (Å²) in [7, 11) is 0. The molecule has 3 N–H and O–H groups in total. The first-order valence-corrected chi connectivity index (χ1v) is 11.4. The van der Waals surface area contributed by atoms with E-state index in [2.05, 4.69) is 15.8 Å². The van der Waals surface area contributed by atoms with Crippen LogP contribution in [0.15, 0.2) is 77.9 Å². The molecule has 3 aromatic carbocycles. The molecular weight excluding hydrogens is 533 g/mol. The molecule has 3 aromatic rings. The van der Waals surface area contributed by atoms with Gasteiger partial charge >= 0.3 is 0 Å². The summed E-state index contributed by atoms with van der Waals surface area (Å²) < 4.78 is 6.03. The van der Waals surface area contributed by atoms with Crippen molar-refractivity contribution >= 4 is 40.6 Å². The molecule has 0 saturated carbocycles. The number of nitrogens with one attached hydrogen (secondary N) is 2. The van der Waals surface area contributed by atoms with Gasteiger partial charge in [0.05, 0.1) is 28.9 Å². The van der Waals surface area contributed by atoms with Crippen LogP contribution in [-0.2, 0) is 4.79 Å². The van der Waals surface area contributed by atoms with Gasteiger partial charge in [0.1, 0.15) is 0 Å². The SMILES string of the molecule is CCOc1cc(/C=N\NC(=O)C[C@H](NC(=O)c2ccccc2)c2ccccc2)cc(I)c1O. The van der Waals surface area contributed by atoms with E-state index in [-0.39, 0.29) is 24.0 Å². The summed E-state index contributed by atoms with van der Waals surface area (Å²) in [5.74, 6) is -0.196. The van der Waals surface area contributed by atoms with Gasteiger partial charge in [-0.1, -0.05) is 48.5 Å². The number of ether oxygens (including phenoxy) is 1. The quantitative estimate of drug-likeness (QED) is 0.206. The molecule has 0 aliphatic carbocycles. The van der Waals surface area contributed by atoms with Crippen molar-refractivity contribution in [3.05, 3.63) is 93.1 Å². The van der Waals surface area contributed by atoms with Crippen LogP contribution < -0.4 is 15.5 Å². The van der Waals surface area contributed by atoms with Crippen LogP contribution in [0.3, 0.4) is 0 Å². The molecule has 3 rings (SSSR count). The van der Waals surface area contributed by atoms with Crippen molar-refractivity contribution in [1.29, 1.82) is 0 Å². The molecule has 8 heteroatoms. The molecule has 7 nitrogen and oxygen atoms in total. The summed E-state index contributed by atoms with van der Waals surface area (Å²) in [4.78, 5) is 25.2. The number of hydrazone groups is 1. The number of carbonyl (C=O) groups is 2. The van der Waals surface area contributed by atoms with E-state index in [0.717, 1.165) is 5.56 Å². The van der Waals surface area contributed by atoms with Crippen molar-refractivity contribution in [3.63, 3.8) is 0 Å². The first-order chi connectivity index (χ1) is 16.0. The van der Waals surface area contributed by atoms with Gasteiger partial charge in [-0.25, -0.2) is 5.43 Å². The van der Waals surface area contributed by atoms with E-state index in [9.17, 15) is 14.7 Å². The normalized spacial score (nSPS) is 11.7. The maximum atomic E-state index is 12.6. The zero-order valence-corrected chi connectivity index (χ0v) is 20.2. The zero-order chi connectivity index (χ0) is 23.6. The summed E-state index contributed by atoms with van der Waals surface area (Å²) in [5.41, 5.74) is 4.50. The molecule has 170 valence electrons. The predicted molar refractivity (Wildman–Crippen MR) is 135 cm³/mol. The van der Waals surface area contributed by atoms with Gasteiger partial charge in [-0.05, 0) is 64.9 Å². The first kappa shape index (κ1) is 24.2. The lowest BCUT2D eigenvalue weighted by atomic mass is 10.0. The lowest BCUT2D eigenvalue weighted by Crippen LogP contribution is -2.32. The minimum atomic E-state index is -0.520. The second-order valence-electron chi connectivity index (χ2n) is 7.08. The highest BCUT2D eigenvalue weighted by Crippen LogP contribution is 2.32. The lowest BCUT2D eigenvalue weighted by Gasteiger charge is -2.18. The fraction of sp³-hybridized carbons (Fsp3) is 0.160. The minimum absolute atomic E-state index is 0.0111. The second-order valence-corrected chi connectivity index (χ2v) is 8.24. The van der Waals surface area contributed by atoms with Gasteiger partial charge in [0.15, 0.2) is 11.5 Å². The Hall–Kier alpha value is -3.40. The Morgan fingerprint density at radius 2 is 1.76 bits per heavy atom. The van der Waals surface area contributed by atoms with Crippen LogP contribution in [0.1, 0.15) is 40.9 Å². The van der Waals surface area contributed by atoms with E-state index >= 15 is 0 Å². The molecule has 0 fully saturated rings. The molecule has 0 saturated heterocycles. The fourth-order valence-electron chi connectivity index (χ4n) is 3.11. The maximum Gasteiger partial charge on any atom is 0.251 e. The molecule has 0 aliphatic rings. The Kier molecular flexibility index (Phi) is 8.82. The Bertz CT molecular complexity index is 1120. The number of amides is 2. The van der Waals surface area contributed by atoms with Crippen molar-refractivity contribution in [1.82, 2.24) is 10.7 Å². The molecule has 0 aromatic heterocycles. The maximum absolute atomic E-state index is 12.6. The van der Waals surface area contributed by atoms with Gasteiger partial charge in [0.25, 0.3) is 5.91 Å². The molecule has 0 bridgehead atoms. The van der Waals surface area contributed by atoms with Crippen LogP contribution in [0.2, 0.25) is 0 Å². The number of nitrogens with zero attached hydrogens (tertiary/aromatic N) is 1. The third-order valence-corrected chi connectivity index (χ3v) is 5.51. The van der Waals surface area contributed by atoms with Crippen LogP contribution in [0, 0.1) is 3.57 Å². The number of hydrogen-bond donors (Lipinski definition) is 3. The summed E-state index contributed by atoms with van der Waals surface area (Å²) in [6, 6.07) is 21.0. The Balaban J connectivity index is 1.68. The molecular formula is C25H24IN3O4. The number of hydrogen-bond acceptors (Lipinski definition) is 5. The molecule has 1 atom stereocenters. The highest BCUT2D eigenvalue weighted by atomic mass is 127. The molecule has 33 heavy (non-hydrogen) atoms. The second kappa shape index (κ2) is 12.0. The van der Waals surface area contributed by atoms with Gasteiger partial charge in [-0.2, -0.15) is 5.10 Å². The Labute approximate surface area is 206 Å². The van der Waals surface area contributed by atoms with Crippen molar-refractivity contribution in [2.24, 2.45) is 5.10 Å². The average Bonchev–Trinajstić information content (AvgIpc) is 2.83. The molecule has 0 heterocycles. The number of phenolic OH excluding ortho intramolecular Hbond substituents is 1. The van der Waals surface area contributed by atoms with Crippen LogP contribution in [-0.4, -0.2) is 29.7 Å². The fourth-order valence-corrected chi connectivity index (χ4v) is 3.74. The number of rotatable bonds is 9. The number of carbonyl (C=O) groups excluding carboxylic acids is 2. The molecule has 0 unspecified atom stereocenters. The van der Waals surface area contributed by atoms with Crippen LogP contribution >= 0.6 is 22.6 Å². The summed E-state index contributed by atoms with van der Waals surface area (Å²) in [5, 5.41) is 17.0. The summed E-state index contributed by atoms with van der Waals surface area (Å²) in [6.07, 6.45) is 1.49.